The molecule has 28 heavy (non-hydrogen) atoms. The molecule has 0 amide bonds. The molecule has 3 aromatic rings. The average Bonchev–Trinajstić information content (AvgIpc) is 3.31. The highest BCUT2D eigenvalue weighted by Crippen LogP contribution is 2.28. The minimum Gasteiger partial charge on any atom is -0.363 e. The van der Waals surface area contributed by atoms with Crippen LogP contribution in [0.5, 0.6) is 0 Å². The molecule has 11 heteroatoms. The predicted molar refractivity (Wildman–Crippen MR) is 105 cm³/mol. The highest BCUT2D eigenvalue weighted by Gasteiger charge is 2.30. The lowest BCUT2D eigenvalue weighted by Gasteiger charge is -2.16. The Morgan fingerprint density at radius 2 is 2.21 bits per heavy atom. The van der Waals surface area contributed by atoms with Crippen molar-refractivity contribution in [1.29, 1.82) is 0 Å². The summed E-state index contributed by atoms with van der Waals surface area (Å²) in [7, 11) is -3.26. The van der Waals surface area contributed by atoms with Crippen molar-refractivity contribution < 1.29 is 12.8 Å². The van der Waals surface area contributed by atoms with Crippen LogP contribution < -0.4 is 5.32 Å². The van der Waals surface area contributed by atoms with Gasteiger partial charge in [-0.05, 0) is 19.4 Å². The molecule has 0 aliphatic carbocycles. The number of nitrogens with zero attached hydrogens (tertiary/aromatic N) is 4. The maximum atomic E-state index is 14.3. The third-order valence-electron chi connectivity index (χ3n) is 4.73. The van der Waals surface area contributed by atoms with Gasteiger partial charge >= 0.3 is 0 Å². The predicted octanol–water partition coefficient (Wildman–Crippen LogP) is 2.65. The zero-order valence-electron chi connectivity index (χ0n) is 15.0. The van der Waals surface area contributed by atoms with Crippen LogP contribution in [0.3, 0.4) is 0 Å². The number of aromatic amines is 1. The summed E-state index contributed by atoms with van der Waals surface area (Å²) < 4.78 is 39.7. The van der Waals surface area contributed by atoms with E-state index >= 15 is 0 Å². The fourth-order valence-corrected chi connectivity index (χ4v) is 4.55. The summed E-state index contributed by atoms with van der Waals surface area (Å²) in [5.41, 5.74) is 1.27. The summed E-state index contributed by atoms with van der Waals surface area (Å²) in [6.07, 6.45) is 4.89. The van der Waals surface area contributed by atoms with Crippen LogP contribution in [0.2, 0.25) is 5.02 Å². The van der Waals surface area contributed by atoms with E-state index in [-0.39, 0.29) is 24.2 Å². The topological polar surface area (TPSA) is 104 Å². The van der Waals surface area contributed by atoms with Gasteiger partial charge in [0, 0.05) is 42.5 Å². The average molecular weight is 425 g/mol. The molecule has 0 unspecified atom stereocenters. The van der Waals surface area contributed by atoms with Gasteiger partial charge in [-0.3, -0.25) is 0 Å². The van der Waals surface area contributed by atoms with Crippen molar-refractivity contribution in [2.24, 2.45) is 0 Å². The number of hydrogen-bond donors (Lipinski definition) is 2. The number of pyridine rings is 1. The Morgan fingerprint density at radius 3 is 3.00 bits per heavy atom. The maximum absolute atomic E-state index is 14.3. The zero-order valence-corrected chi connectivity index (χ0v) is 16.6. The SMILES string of the molecule is CCS(=O)(=O)N1CC[C@@H](Nc2nc(-c3c[nH]c4ncc(Cl)cc34)ncc2F)C1. The number of nitrogens with one attached hydrogen (secondary N) is 2. The molecule has 1 aliphatic heterocycles. The Kier molecular flexibility index (Phi) is 4.94. The molecule has 1 fully saturated rings. The van der Waals surface area contributed by atoms with E-state index in [1.54, 1.807) is 19.2 Å². The monoisotopic (exact) mass is 424 g/mol. The Labute approximate surface area is 166 Å². The van der Waals surface area contributed by atoms with E-state index in [1.807, 2.05) is 0 Å². The zero-order chi connectivity index (χ0) is 19.9. The first-order valence-corrected chi connectivity index (χ1v) is 10.8. The summed E-state index contributed by atoms with van der Waals surface area (Å²) in [6, 6.07) is 1.51. The van der Waals surface area contributed by atoms with Crippen LogP contribution in [0.25, 0.3) is 22.4 Å². The highest BCUT2D eigenvalue weighted by atomic mass is 35.5. The van der Waals surface area contributed by atoms with Crippen molar-refractivity contribution in [2.75, 3.05) is 24.2 Å². The standard InChI is InChI=1S/C17H18ClFN6O2S/c1-2-28(26,27)25-4-3-11(9-25)23-17-14(19)8-22-16(24-17)13-7-21-15-12(13)5-10(18)6-20-15/h5-8,11H,2-4,9H2,1H3,(H,20,21)(H,22,23,24)/t11-/m1/s1. The molecule has 0 spiro atoms. The summed E-state index contributed by atoms with van der Waals surface area (Å²) >= 11 is 6.02. The first-order chi connectivity index (χ1) is 13.4. The second-order valence-electron chi connectivity index (χ2n) is 6.53. The van der Waals surface area contributed by atoms with Crippen LogP contribution in [0.1, 0.15) is 13.3 Å². The molecule has 2 N–H and O–H groups in total. The summed E-state index contributed by atoms with van der Waals surface area (Å²) in [5.74, 6) is -0.204. The van der Waals surface area contributed by atoms with Crippen LogP contribution in [0.4, 0.5) is 10.2 Å². The normalized spacial score (nSPS) is 18.0. The summed E-state index contributed by atoms with van der Waals surface area (Å²) in [6.45, 7) is 2.29. The molecular formula is C17H18ClFN6O2S. The molecule has 0 saturated carbocycles. The molecule has 1 atom stereocenters. The molecule has 0 bridgehead atoms. The van der Waals surface area contributed by atoms with E-state index in [9.17, 15) is 12.8 Å². The van der Waals surface area contributed by atoms with E-state index in [0.717, 1.165) is 11.6 Å². The van der Waals surface area contributed by atoms with E-state index < -0.39 is 15.8 Å². The van der Waals surface area contributed by atoms with E-state index in [2.05, 4.69) is 25.3 Å². The van der Waals surface area contributed by atoms with Gasteiger partial charge < -0.3 is 10.3 Å². The quantitative estimate of drug-likeness (QED) is 0.652. The van der Waals surface area contributed by atoms with Gasteiger partial charge in [-0.1, -0.05) is 11.6 Å². The molecular weight excluding hydrogens is 407 g/mol. The van der Waals surface area contributed by atoms with E-state index in [1.165, 1.54) is 10.5 Å². The van der Waals surface area contributed by atoms with Gasteiger partial charge in [0.25, 0.3) is 0 Å². The first-order valence-electron chi connectivity index (χ1n) is 8.77. The fraction of sp³-hybridized carbons (Fsp3) is 0.353. The Balaban J connectivity index is 1.60. The van der Waals surface area contributed by atoms with Gasteiger partial charge in [-0.2, -0.15) is 4.31 Å². The number of sulfonamides is 1. The number of aromatic nitrogens is 4. The van der Waals surface area contributed by atoms with Crippen molar-refractivity contribution in [1.82, 2.24) is 24.2 Å². The lowest BCUT2D eigenvalue weighted by atomic mass is 10.2. The van der Waals surface area contributed by atoms with Gasteiger partial charge in [-0.15, -0.1) is 0 Å². The summed E-state index contributed by atoms with van der Waals surface area (Å²) in [4.78, 5) is 15.6. The third-order valence-corrected chi connectivity index (χ3v) is 6.79. The molecule has 4 heterocycles. The van der Waals surface area contributed by atoms with E-state index in [0.29, 0.717) is 35.0 Å². The van der Waals surface area contributed by atoms with Crippen LogP contribution in [0.15, 0.2) is 24.7 Å². The fourth-order valence-electron chi connectivity index (χ4n) is 3.24. The Hall–Kier alpha value is -2.30. The van der Waals surface area contributed by atoms with Gasteiger partial charge in [0.05, 0.1) is 17.0 Å². The molecule has 0 radical (unpaired) electrons. The highest BCUT2D eigenvalue weighted by molar-refractivity contribution is 7.89. The number of rotatable bonds is 5. The summed E-state index contributed by atoms with van der Waals surface area (Å²) in [5, 5.41) is 4.21. The number of anilines is 1. The molecule has 148 valence electrons. The molecule has 4 rings (SSSR count). The first kappa shape index (κ1) is 19.0. The Morgan fingerprint density at radius 1 is 1.39 bits per heavy atom. The second kappa shape index (κ2) is 7.26. The van der Waals surface area contributed by atoms with Gasteiger partial charge in [0.1, 0.15) is 5.65 Å². The van der Waals surface area contributed by atoms with E-state index in [4.69, 9.17) is 11.6 Å². The molecule has 8 nitrogen and oxygen atoms in total. The van der Waals surface area contributed by atoms with Crippen LogP contribution in [0, 0.1) is 5.82 Å². The third kappa shape index (κ3) is 3.54. The number of H-pyrrole nitrogens is 1. The van der Waals surface area contributed by atoms with Crippen LogP contribution >= 0.6 is 11.6 Å². The smallest absolute Gasteiger partial charge is 0.213 e. The van der Waals surface area contributed by atoms with Crippen LogP contribution in [-0.2, 0) is 10.0 Å². The number of fused-ring (bicyclic) bond motifs is 1. The Bertz CT molecular complexity index is 1140. The molecule has 1 aliphatic rings. The number of hydrogen-bond acceptors (Lipinski definition) is 6. The lowest BCUT2D eigenvalue weighted by Crippen LogP contribution is -2.33. The number of halogens is 2. The van der Waals surface area contributed by atoms with Crippen molar-refractivity contribution >= 4 is 38.5 Å². The van der Waals surface area contributed by atoms with Crippen LogP contribution in [-0.4, -0.2) is 57.5 Å². The van der Waals surface area contributed by atoms with Crippen molar-refractivity contribution in [3.63, 3.8) is 0 Å². The second-order valence-corrected chi connectivity index (χ2v) is 9.22. The van der Waals surface area contributed by atoms with Gasteiger partial charge in [0.2, 0.25) is 10.0 Å². The van der Waals surface area contributed by atoms with Crippen molar-refractivity contribution in [3.8, 4) is 11.4 Å². The lowest BCUT2D eigenvalue weighted by molar-refractivity contribution is 0.475. The largest absolute Gasteiger partial charge is 0.363 e. The van der Waals surface area contributed by atoms with Crippen molar-refractivity contribution in [3.05, 3.63) is 35.5 Å². The van der Waals surface area contributed by atoms with Gasteiger partial charge in [0.15, 0.2) is 17.5 Å². The minimum atomic E-state index is -3.26. The molecule has 3 aromatic heterocycles. The van der Waals surface area contributed by atoms with Crippen molar-refractivity contribution in [2.45, 2.75) is 19.4 Å². The van der Waals surface area contributed by atoms with Gasteiger partial charge in [-0.25, -0.2) is 27.8 Å². The minimum absolute atomic E-state index is 0.0371. The molecule has 1 saturated heterocycles. The molecule has 0 aromatic carbocycles. The maximum Gasteiger partial charge on any atom is 0.213 e.